The number of hydrogen-bond donors (Lipinski definition) is 3. The lowest BCUT2D eigenvalue weighted by atomic mass is 9.77. The Hall–Kier alpha value is -2.49. The lowest BCUT2D eigenvalue weighted by molar-refractivity contribution is 0.124. The minimum absolute atomic E-state index is 0.498. The fraction of sp³-hybridized carbons (Fsp3) is 0.143. The third-order valence-electron chi connectivity index (χ3n) is 4.54. The minimum atomic E-state index is -1.41. The Balaban J connectivity index is 2.38. The molecule has 3 aromatic rings. The van der Waals surface area contributed by atoms with Gasteiger partial charge >= 0.3 is 0 Å². The number of benzene rings is 3. The molecule has 0 atom stereocenters. The van der Waals surface area contributed by atoms with Gasteiger partial charge in [-0.2, -0.15) is 0 Å². The Morgan fingerprint density at radius 1 is 0.760 bits per heavy atom. The Kier molecular flexibility index (Phi) is 4.46. The zero-order valence-corrected chi connectivity index (χ0v) is 15.0. The maximum absolute atomic E-state index is 12.0. The van der Waals surface area contributed by atoms with Gasteiger partial charge in [-0.25, -0.2) is 0 Å². The predicted octanol–water partition coefficient (Wildman–Crippen LogP) is 4.41. The van der Waals surface area contributed by atoms with Crippen LogP contribution in [0.25, 0.3) is 0 Å². The molecule has 3 aromatic carbocycles. The van der Waals surface area contributed by atoms with E-state index in [0.717, 1.165) is 22.3 Å². The van der Waals surface area contributed by atoms with Crippen molar-refractivity contribution in [2.45, 2.75) is 19.4 Å². The van der Waals surface area contributed by atoms with E-state index in [1.54, 1.807) is 18.2 Å². The number of aryl methyl sites for hydroxylation is 2. The molecule has 0 saturated heterocycles. The molecule has 0 radical (unpaired) electrons. The maximum Gasteiger partial charge on any atom is 0.142 e. The van der Waals surface area contributed by atoms with Crippen molar-refractivity contribution in [1.82, 2.24) is 0 Å². The van der Waals surface area contributed by atoms with Gasteiger partial charge in [0.2, 0.25) is 0 Å². The molecular formula is C21H21ClN2O. The third kappa shape index (κ3) is 2.97. The molecule has 128 valence electrons. The third-order valence-corrected chi connectivity index (χ3v) is 4.87. The van der Waals surface area contributed by atoms with E-state index in [0.29, 0.717) is 22.0 Å². The second kappa shape index (κ2) is 6.43. The zero-order chi connectivity index (χ0) is 18.2. The van der Waals surface area contributed by atoms with Gasteiger partial charge in [0.15, 0.2) is 0 Å². The molecule has 0 saturated carbocycles. The standard InChI is InChI=1S/C21H21ClN2O/c1-13-11-15(23)7-9-17(13)21(25,19-5-3-4-6-20(19)22)18-10-8-16(24)12-14(18)2/h3-12,25H,23-24H2,1-2H3. The molecule has 0 heterocycles. The van der Waals surface area contributed by atoms with E-state index in [2.05, 4.69) is 0 Å². The van der Waals surface area contributed by atoms with E-state index in [4.69, 9.17) is 23.1 Å². The highest BCUT2D eigenvalue weighted by molar-refractivity contribution is 6.31. The number of nitrogen functional groups attached to an aromatic ring is 2. The molecule has 3 rings (SSSR count). The van der Waals surface area contributed by atoms with Gasteiger partial charge in [0, 0.05) is 22.0 Å². The van der Waals surface area contributed by atoms with Crippen molar-refractivity contribution in [2.75, 3.05) is 11.5 Å². The molecule has 25 heavy (non-hydrogen) atoms. The SMILES string of the molecule is Cc1cc(N)ccc1C(O)(c1ccc(N)cc1C)c1ccccc1Cl. The molecular weight excluding hydrogens is 332 g/mol. The van der Waals surface area contributed by atoms with Crippen LogP contribution in [0.3, 0.4) is 0 Å². The second-order valence-corrected chi connectivity index (χ2v) is 6.75. The zero-order valence-electron chi connectivity index (χ0n) is 14.3. The maximum atomic E-state index is 12.0. The molecule has 0 spiro atoms. The largest absolute Gasteiger partial charge is 0.399 e. The number of rotatable bonds is 3. The smallest absolute Gasteiger partial charge is 0.142 e. The van der Waals surface area contributed by atoms with Crippen LogP contribution < -0.4 is 11.5 Å². The average molecular weight is 353 g/mol. The van der Waals surface area contributed by atoms with Crippen LogP contribution in [0.5, 0.6) is 0 Å². The number of nitrogens with two attached hydrogens (primary N) is 2. The van der Waals surface area contributed by atoms with Gasteiger partial charge < -0.3 is 16.6 Å². The number of anilines is 2. The lowest BCUT2D eigenvalue weighted by Gasteiger charge is -2.33. The van der Waals surface area contributed by atoms with E-state index < -0.39 is 5.60 Å². The molecule has 0 aliphatic carbocycles. The van der Waals surface area contributed by atoms with Gasteiger partial charge in [-0.3, -0.25) is 0 Å². The summed E-state index contributed by atoms with van der Waals surface area (Å²) in [7, 11) is 0. The van der Waals surface area contributed by atoms with Crippen LogP contribution >= 0.6 is 11.6 Å². The first-order chi connectivity index (χ1) is 11.8. The summed E-state index contributed by atoms with van der Waals surface area (Å²) in [5.41, 5.74) is 15.6. The van der Waals surface area contributed by atoms with Crippen molar-refractivity contribution in [3.63, 3.8) is 0 Å². The van der Waals surface area contributed by atoms with E-state index in [1.165, 1.54) is 0 Å². The van der Waals surface area contributed by atoms with Gasteiger partial charge in [0.25, 0.3) is 0 Å². The minimum Gasteiger partial charge on any atom is -0.399 e. The van der Waals surface area contributed by atoms with E-state index in [9.17, 15) is 5.11 Å². The summed E-state index contributed by atoms with van der Waals surface area (Å²) in [6, 6.07) is 18.3. The summed E-state index contributed by atoms with van der Waals surface area (Å²) < 4.78 is 0. The molecule has 0 fully saturated rings. The van der Waals surface area contributed by atoms with Crippen LogP contribution in [0, 0.1) is 13.8 Å². The average Bonchev–Trinajstić information content (AvgIpc) is 2.54. The van der Waals surface area contributed by atoms with Crippen molar-refractivity contribution in [3.05, 3.63) is 93.5 Å². The van der Waals surface area contributed by atoms with E-state index in [-0.39, 0.29) is 0 Å². The monoisotopic (exact) mass is 352 g/mol. The number of hydrogen-bond acceptors (Lipinski definition) is 3. The summed E-state index contributed by atoms with van der Waals surface area (Å²) in [4.78, 5) is 0. The summed E-state index contributed by atoms with van der Waals surface area (Å²) in [6.45, 7) is 3.86. The van der Waals surface area contributed by atoms with Crippen LogP contribution in [-0.4, -0.2) is 5.11 Å². The van der Waals surface area contributed by atoms with Gasteiger partial charge in [-0.1, -0.05) is 41.9 Å². The van der Waals surface area contributed by atoms with Gasteiger partial charge in [-0.15, -0.1) is 0 Å². The molecule has 5 N–H and O–H groups in total. The topological polar surface area (TPSA) is 72.3 Å². The van der Waals surface area contributed by atoms with Crippen LogP contribution in [0.4, 0.5) is 11.4 Å². The van der Waals surface area contributed by atoms with Crippen LogP contribution in [-0.2, 0) is 5.60 Å². The summed E-state index contributed by atoms with van der Waals surface area (Å²) in [5, 5.41) is 12.5. The quantitative estimate of drug-likeness (QED) is 0.483. The molecule has 0 aliphatic rings. The molecule has 0 aromatic heterocycles. The second-order valence-electron chi connectivity index (χ2n) is 6.34. The van der Waals surface area contributed by atoms with Crippen LogP contribution in [0.15, 0.2) is 60.7 Å². The Bertz CT molecular complexity index is 885. The lowest BCUT2D eigenvalue weighted by Crippen LogP contribution is -2.31. The van der Waals surface area contributed by atoms with Crippen LogP contribution in [0.1, 0.15) is 27.8 Å². The highest BCUT2D eigenvalue weighted by atomic mass is 35.5. The van der Waals surface area contributed by atoms with Crippen LogP contribution in [0.2, 0.25) is 5.02 Å². The van der Waals surface area contributed by atoms with Gasteiger partial charge in [-0.05, 0) is 66.4 Å². The van der Waals surface area contributed by atoms with Crippen molar-refractivity contribution < 1.29 is 5.11 Å². The van der Waals surface area contributed by atoms with E-state index in [1.807, 2.05) is 56.3 Å². The molecule has 0 aliphatic heterocycles. The Morgan fingerprint density at radius 3 is 1.68 bits per heavy atom. The van der Waals surface area contributed by atoms with E-state index >= 15 is 0 Å². The fourth-order valence-electron chi connectivity index (χ4n) is 3.38. The Morgan fingerprint density at radius 2 is 1.24 bits per heavy atom. The number of aliphatic hydroxyl groups is 1. The first-order valence-corrected chi connectivity index (χ1v) is 8.42. The van der Waals surface area contributed by atoms with Gasteiger partial charge in [0.1, 0.15) is 5.60 Å². The van der Waals surface area contributed by atoms with Crippen molar-refractivity contribution in [3.8, 4) is 0 Å². The first kappa shape index (κ1) is 17.3. The Labute approximate surface area is 152 Å². The normalized spacial score (nSPS) is 11.5. The van der Waals surface area contributed by atoms with Crippen molar-refractivity contribution >= 4 is 23.0 Å². The van der Waals surface area contributed by atoms with Gasteiger partial charge in [0.05, 0.1) is 0 Å². The molecule has 4 heteroatoms. The fourth-order valence-corrected chi connectivity index (χ4v) is 3.65. The highest BCUT2D eigenvalue weighted by Crippen LogP contribution is 2.43. The number of halogens is 1. The molecule has 0 unspecified atom stereocenters. The molecule has 0 amide bonds. The highest BCUT2D eigenvalue weighted by Gasteiger charge is 2.37. The molecule has 0 bridgehead atoms. The first-order valence-electron chi connectivity index (χ1n) is 8.04. The summed E-state index contributed by atoms with van der Waals surface area (Å²) in [5.74, 6) is 0. The summed E-state index contributed by atoms with van der Waals surface area (Å²) >= 11 is 6.47. The predicted molar refractivity (Wildman–Crippen MR) is 105 cm³/mol. The van der Waals surface area contributed by atoms with Crippen molar-refractivity contribution in [1.29, 1.82) is 0 Å². The summed E-state index contributed by atoms with van der Waals surface area (Å²) in [6.07, 6.45) is 0. The van der Waals surface area contributed by atoms with Crippen molar-refractivity contribution in [2.24, 2.45) is 0 Å². The molecule has 3 nitrogen and oxygen atoms in total.